The molecule has 0 aromatic heterocycles. The normalized spacial score (nSPS) is 13.7. The van der Waals surface area contributed by atoms with Crippen LogP contribution in [0.1, 0.15) is 18.3 Å². The average molecular weight is 455 g/mol. The molecule has 1 N–H and O–H groups in total. The minimum atomic E-state index is -3.40. The van der Waals surface area contributed by atoms with Gasteiger partial charge in [-0.25, -0.2) is 0 Å². The molecule has 3 rings (SSSR count). The van der Waals surface area contributed by atoms with E-state index in [0.717, 1.165) is 16.9 Å². The Balaban J connectivity index is 2.15. The molecule has 0 fully saturated rings. The van der Waals surface area contributed by atoms with Crippen molar-refractivity contribution in [3.63, 3.8) is 0 Å². The molecule has 2 unspecified atom stereocenters. The first-order valence-electron chi connectivity index (χ1n) is 10.5. The first kappa shape index (κ1) is 23.7. The van der Waals surface area contributed by atoms with Crippen LogP contribution in [0.25, 0.3) is 0 Å². The van der Waals surface area contributed by atoms with Gasteiger partial charge in [-0.05, 0) is 61.0 Å². The monoisotopic (exact) mass is 454 g/mol. The lowest BCUT2D eigenvalue weighted by Gasteiger charge is -2.30. The molecule has 0 aliphatic heterocycles. The third-order valence-electron chi connectivity index (χ3n) is 5.19. The largest absolute Gasteiger partial charge is 0.493 e. The van der Waals surface area contributed by atoms with Crippen LogP contribution in [0.2, 0.25) is 0 Å². The van der Waals surface area contributed by atoms with E-state index in [1.54, 1.807) is 14.2 Å². The summed E-state index contributed by atoms with van der Waals surface area (Å²) in [7, 11) is 3.72. The maximum Gasteiger partial charge on any atom is 0.258 e. The van der Waals surface area contributed by atoms with Crippen LogP contribution in [0, 0.1) is 0 Å². The fraction of sp³-hybridized carbons (Fsp3) is 0.280. The summed E-state index contributed by atoms with van der Waals surface area (Å²) in [6, 6.07) is 22.9. The van der Waals surface area contributed by atoms with Gasteiger partial charge in [0.1, 0.15) is 5.78 Å². The van der Waals surface area contributed by atoms with Crippen LogP contribution < -0.4 is 25.0 Å². The molecule has 0 amide bonds. The Morgan fingerprint density at radius 1 is 0.906 bits per heavy atom. The van der Waals surface area contributed by atoms with Gasteiger partial charge < -0.3 is 24.2 Å². The summed E-state index contributed by atoms with van der Waals surface area (Å²) in [5, 5.41) is 4.10. The Hall–Kier alpha value is -2.95. The first-order valence-corrected chi connectivity index (χ1v) is 12.2. The highest BCUT2D eigenvalue weighted by atomic mass is 31.2. The lowest BCUT2D eigenvalue weighted by atomic mass is 10.2. The Bertz CT molecular complexity index is 1060. The topological polar surface area (TPSA) is 60.0 Å². The highest BCUT2D eigenvalue weighted by molar-refractivity contribution is 7.67. The summed E-state index contributed by atoms with van der Waals surface area (Å²) >= 11 is 0. The third kappa shape index (κ3) is 5.09. The number of nitrogens with one attached hydrogen (secondary N) is 1. The maximum absolute atomic E-state index is 14.6. The lowest BCUT2D eigenvalue weighted by Crippen LogP contribution is -2.21. The number of benzene rings is 3. The SMILES string of the molecule is CCOP(=O)(c1ccc(N(C)C)cc1)C(Nc1ccccc1)c1ccc(OC)c(OC)c1. The molecule has 3 aromatic carbocycles. The molecule has 2 atom stereocenters. The second kappa shape index (κ2) is 10.6. The van der Waals surface area contributed by atoms with Gasteiger partial charge in [0, 0.05) is 30.8 Å². The van der Waals surface area contributed by atoms with E-state index in [1.807, 2.05) is 98.7 Å². The lowest BCUT2D eigenvalue weighted by molar-refractivity contribution is 0.335. The van der Waals surface area contributed by atoms with Gasteiger partial charge >= 0.3 is 0 Å². The molecule has 0 spiro atoms. The molecule has 0 saturated heterocycles. The number of hydrogen-bond acceptors (Lipinski definition) is 6. The van der Waals surface area contributed by atoms with Crippen molar-refractivity contribution in [1.29, 1.82) is 0 Å². The van der Waals surface area contributed by atoms with E-state index in [0.29, 0.717) is 23.4 Å². The number of anilines is 2. The number of nitrogens with zero attached hydrogens (tertiary/aromatic N) is 1. The highest BCUT2D eigenvalue weighted by Crippen LogP contribution is 2.59. The quantitative estimate of drug-likeness (QED) is 0.407. The van der Waals surface area contributed by atoms with E-state index >= 15 is 0 Å². The van der Waals surface area contributed by atoms with Gasteiger partial charge in [-0.15, -0.1) is 0 Å². The van der Waals surface area contributed by atoms with Crippen LogP contribution in [0.15, 0.2) is 72.8 Å². The molecule has 170 valence electrons. The van der Waals surface area contributed by atoms with Crippen LogP contribution in [-0.4, -0.2) is 34.9 Å². The summed E-state index contributed by atoms with van der Waals surface area (Å²) in [5.74, 6) is 0.544. The molecule has 7 heteroatoms. The van der Waals surface area contributed by atoms with Crippen LogP contribution in [0.4, 0.5) is 11.4 Å². The minimum Gasteiger partial charge on any atom is -0.493 e. The molecule has 0 saturated carbocycles. The fourth-order valence-corrected chi connectivity index (χ4v) is 5.94. The Labute approximate surface area is 190 Å². The van der Waals surface area contributed by atoms with E-state index in [1.165, 1.54) is 0 Å². The molecule has 32 heavy (non-hydrogen) atoms. The molecule has 6 nitrogen and oxygen atoms in total. The van der Waals surface area contributed by atoms with Gasteiger partial charge in [-0.2, -0.15) is 0 Å². The van der Waals surface area contributed by atoms with Crippen molar-refractivity contribution in [1.82, 2.24) is 0 Å². The van der Waals surface area contributed by atoms with E-state index in [9.17, 15) is 4.57 Å². The van der Waals surface area contributed by atoms with Gasteiger partial charge in [0.15, 0.2) is 11.5 Å². The Morgan fingerprint density at radius 3 is 2.12 bits per heavy atom. The summed E-state index contributed by atoms with van der Waals surface area (Å²) in [4.78, 5) is 2.00. The van der Waals surface area contributed by atoms with Crippen molar-refractivity contribution < 1.29 is 18.6 Å². The third-order valence-corrected chi connectivity index (χ3v) is 7.95. The molecule has 0 heterocycles. The number of hydrogen-bond donors (Lipinski definition) is 1. The summed E-state index contributed by atoms with van der Waals surface area (Å²) in [6.45, 7) is 2.17. The molecular formula is C25H31N2O4P. The van der Waals surface area contributed by atoms with Crippen LogP contribution in [0.5, 0.6) is 11.5 Å². The van der Waals surface area contributed by atoms with Crippen LogP contribution in [-0.2, 0) is 9.09 Å². The fourth-order valence-electron chi connectivity index (χ4n) is 3.53. The van der Waals surface area contributed by atoms with Gasteiger partial charge in [0.25, 0.3) is 7.37 Å². The molecule has 0 radical (unpaired) electrons. The van der Waals surface area contributed by atoms with Gasteiger partial charge in [0.05, 0.1) is 20.8 Å². The van der Waals surface area contributed by atoms with Crippen molar-refractivity contribution in [3.05, 3.63) is 78.4 Å². The number of para-hydroxylation sites is 1. The van der Waals surface area contributed by atoms with Crippen molar-refractivity contribution in [2.75, 3.05) is 45.1 Å². The van der Waals surface area contributed by atoms with Gasteiger partial charge in [-0.3, -0.25) is 4.57 Å². The number of rotatable bonds is 10. The standard InChI is InChI=1S/C25H31N2O4P/c1-6-31-32(28,22-15-13-21(14-16-22)27(2)3)25(26-20-10-8-7-9-11-20)19-12-17-23(29-4)24(18-19)30-5/h7-18,25-26H,6H2,1-5H3. The second-order valence-corrected chi connectivity index (χ2v) is 9.94. The number of methoxy groups -OCH3 is 2. The number of ether oxygens (including phenoxy) is 2. The van der Waals surface area contributed by atoms with Crippen molar-refractivity contribution in [2.45, 2.75) is 12.7 Å². The van der Waals surface area contributed by atoms with Gasteiger partial charge in [-0.1, -0.05) is 24.3 Å². The zero-order valence-electron chi connectivity index (χ0n) is 19.2. The zero-order chi connectivity index (χ0) is 23.1. The molecule has 0 bridgehead atoms. The van der Waals surface area contributed by atoms with Crippen molar-refractivity contribution in [3.8, 4) is 11.5 Å². The Morgan fingerprint density at radius 2 is 1.56 bits per heavy atom. The summed E-state index contributed by atoms with van der Waals surface area (Å²) in [6.07, 6.45) is 0. The van der Waals surface area contributed by atoms with E-state index < -0.39 is 13.2 Å². The minimum absolute atomic E-state index is 0.312. The summed E-state index contributed by atoms with van der Waals surface area (Å²) in [5.41, 5.74) is 2.65. The maximum atomic E-state index is 14.6. The van der Waals surface area contributed by atoms with E-state index in [4.69, 9.17) is 14.0 Å². The predicted molar refractivity (Wildman–Crippen MR) is 132 cm³/mol. The van der Waals surface area contributed by atoms with Crippen molar-refractivity contribution >= 4 is 24.0 Å². The van der Waals surface area contributed by atoms with Gasteiger partial charge in [0.2, 0.25) is 0 Å². The van der Waals surface area contributed by atoms with Crippen LogP contribution >= 0.6 is 7.37 Å². The van der Waals surface area contributed by atoms with E-state index in [2.05, 4.69) is 5.32 Å². The highest BCUT2D eigenvalue weighted by Gasteiger charge is 2.38. The molecule has 0 aliphatic rings. The van der Waals surface area contributed by atoms with Crippen LogP contribution in [0.3, 0.4) is 0 Å². The molecule has 0 aliphatic carbocycles. The first-order chi connectivity index (χ1) is 15.4. The average Bonchev–Trinajstić information content (AvgIpc) is 2.83. The second-order valence-electron chi connectivity index (χ2n) is 7.45. The predicted octanol–water partition coefficient (Wildman–Crippen LogP) is 5.52. The molecular weight excluding hydrogens is 423 g/mol. The van der Waals surface area contributed by atoms with E-state index in [-0.39, 0.29) is 0 Å². The molecule has 3 aromatic rings. The van der Waals surface area contributed by atoms with Crippen molar-refractivity contribution in [2.24, 2.45) is 0 Å². The zero-order valence-corrected chi connectivity index (χ0v) is 20.1. The Kier molecular flexibility index (Phi) is 7.84. The summed E-state index contributed by atoms with van der Waals surface area (Å²) < 4.78 is 31.5. The smallest absolute Gasteiger partial charge is 0.258 e.